The van der Waals surface area contributed by atoms with E-state index in [1.54, 1.807) is 0 Å². The number of halogens is 1. The lowest BCUT2D eigenvalue weighted by atomic mass is 10.0. The number of carboxylic acid groups (broad SMARTS) is 1. The van der Waals surface area contributed by atoms with Crippen molar-refractivity contribution in [2.24, 2.45) is 5.92 Å². The highest BCUT2D eigenvalue weighted by molar-refractivity contribution is 7.99. The Labute approximate surface area is 139 Å². The Morgan fingerprint density at radius 2 is 2.14 bits per heavy atom. The van der Waals surface area contributed by atoms with Crippen LogP contribution in [0.2, 0.25) is 5.02 Å². The minimum absolute atomic E-state index is 0.00489. The highest BCUT2D eigenvalue weighted by Crippen LogP contribution is 2.19. The zero-order valence-electron chi connectivity index (χ0n) is 12.8. The van der Waals surface area contributed by atoms with Crippen molar-refractivity contribution in [2.75, 3.05) is 5.75 Å². The van der Waals surface area contributed by atoms with Crippen LogP contribution in [0.3, 0.4) is 0 Å². The van der Waals surface area contributed by atoms with E-state index < -0.39 is 17.9 Å². The Morgan fingerprint density at radius 1 is 1.45 bits per heavy atom. The lowest BCUT2D eigenvalue weighted by Crippen LogP contribution is -2.42. The lowest BCUT2D eigenvalue weighted by molar-refractivity contribution is -0.139. The number of thioether (sulfide) groups is 1. The molecule has 0 fully saturated rings. The van der Waals surface area contributed by atoms with Crippen molar-refractivity contribution >= 4 is 35.2 Å². The van der Waals surface area contributed by atoms with E-state index in [1.807, 2.05) is 20.8 Å². The van der Waals surface area contributed by atoms with E-state index in [2.05, 4.69) is 15.3 Å². The molecule has 1 heterocycles. The summed E-state index contributed by atoms with van der Waals surface area (Å²) in [7, 11) is 0. The van der Waals surface area contributed by atoms with E-state index in [9.17, 15) is 14.7 Å². The molecule has 0 aliphatic rings. The first-order valence-corrected chi connectivity index (χ1v) is 8.40. The van der Waals surface area contributed by atoms with Gasteiger partial charge >= 0.3 is 5.97 Å². The minimum Gasteiger partial charge on any atom is -0.480 e. The van der Waals surface area contributed by atoms with Gasteiger partial charge in [-0.15, -0.1) is 0 Å². The fourth-order valence-electron chi connectivity index (χ4n) is 1.69. The topological polar surface area (TPSA) is 92.2 Å². The van der Waals surface area contributed by atoms with Gasteiger partial charge in [0.1, 0.15) is 6.04 Å². The molecule has 1 aromatic heterocycles. The molecule has 0 spiro atoms. The van der Waals surface area contributed by atoms with Gasteiger partial charge in [0.2, 0.25) is 0 Å². The number of aromatic nitrogens is 2. The number of carbonyl (C=O) groups is 2. The number of carbonyl (C=O) groups excluding carboxylic acids is 1. The second kappa shape index (κ2) is 8.95. The average Bonchev–Trinajstić information content (AvgIpc) is 2.45. The van der Waals surface area contributed by atoms with Gasteiger partial charge in [-0.3, -0.25) is 4.79 Å². The van der Waals surface area contributed by atoms with Crippen molar-refractivity contribution in [3.05, 3.63) is 16.9 Å². The van der Waals surface area contributed by atoms with Crippen LogP contribution in [0.25, 0.3) is 0 Å². The highest BCUT2D eigenvalue weighted by Gasteiger charge is 2.24. The molecule has 22 heavy (non-hydrogen) atoms. The van der Waals surface area contributed by atoms with Crippen LogP contribution in [0, 0.1) is 5.92 Å². The maximum absolute atomic E-state index is 12.2. The summed E-state index contributed by atoms with van der Waals surface area (Å²) < 4.78 is 0. The van der Waals surface area contributed by atoms with E-state index >= 15 is 0 Å². The van der Waals surface area contributed by atoms with Crippen LogP contribution in [-0.4, -0.2) is 38.7 Å². The van der Waals surface area contributed by atoms with E-state index in [1.165, 1.54) is 18.0 Å². The second-order valence-corrected chi connectivity index (χ2v) is 6.66. The van der Waals surface area contributed by atoms with Crippen molar-refractivity contribution in [1.29, 1.82) is 0 Å². The molecule has 0 bridgehead atoms. The van der Waals surface area contributed by atoms with Crippen molar-refractivity contribution in [3.63, 3.8) is 0 Å². The van der Waals surface area contributed by atoms with Gasteiger partial charge in [0.05, 0.1) is 11.2 Å². The summed E-state index contributed by atoms with van der Waals surface area (Å²) in [4.78, 5) is 31.6. The normalized spacial score (nSPS) is 12.2. The van der Waals surface area contributed by atoms with Crippen LogP contribution < -0.4 is 5.32 Å². The molecule has 1 unspecified atom stereocenters. The third-order valence-corrected chi connectivity index (χ3v) is 4.03. The molecule has 0 saturated heterocycles. The quantitative estimate of drug-likeness (QED) is 0.556. The van der Waals surface area contributed by atoms with E-state index in [-0.39, 0.29) is 16.6 Å². The number of nitrogens with zero attached hydrogens (tertiary/aromatic N) is 2. The molecule has 0 aliphatic heterocycles. The van der Waals surface area contributed by atoms with Gasteiger partial charge in [-0.25, -0.2) is 14.8 Å². The summed E-state index contributed by atoms with van der Waals surface area (Å²) in [5.41, 5.74) is 0.00489. The van der Waals surface area contributed by atoms with Crippen LogP contribution >= 0.6 is 23.4 Å². The van der Waals surface area contributed by atoms with Crippen LogP contribution in [0.4, 0.5) is 0 Å². The fraction of sp³-hybridized carbons (Fsp3) is 0.571. The van der Waals surface area contributed by atoms with Crippen LogP contribution in [0.5, 0.6) is 0 Å². The zero-order chi connectivity index (χ0) is 16.7. The predicted octanol–water partition coefficient (Wildman–Crippen LogP) is 2.86. The SMILES string of the molecule is CCCSc1ncc(Cl)c(C(=O)NC(CC(C)C)C(=O)O)n1. The first-order chi connectivity index (χ1) is 10.3. The summed E-state index contributed by atoms with van der Waals surface area (Å²) in [6.45, 7) is 5.80. The Morgan fingerprint density at radius 3 is 2.68 bits per heavy atom. The minimum atomic E-state index is -1.08. The molecular formula is C14H20ClN3O3S. The molecule has 122 valence electrons. The molecule has 1 aromatic rings. The summed E-state index contributed by atoms with van der Waals surface area (Å²) in [5.74, 6) is -0.710. The summed E-state index contributed by atoms with van der Waals surface area (Å²) in [6.07, 6.45) is 2.65. The van der Waals surface area contributed by atoms with Gasteiger partial charge in [0.15, 0.2) is 10.9 Å². The fourth-order valence-corrected chi connectivity index (χ4v) is 2.54. The summed E-state index contributed by atoms with van der Waals surface area (Å²) >= 11 is 7.37. The standard InChI is InChI=1S/C14H20ClN3O3S/c1-4-5-22-14-16-7-9(15)11(18-14)12(19)17-10(13(20)21)6-8(2)3/h7-8,10H,4-6H2,1-3H3,(H,17,19)(H,20,21). The molecular weight excluding hydrogens is 326 g/mol. The summed E-state index contributed by atoms with van der Waals surface area (Å²) in [6, 6.07) is -0.967. The van der Waals surface area contributed by atoms with E-state index in [0.717, 1.165) is 12.2 Å². The molecule has 0 aliphatic carbocycles. The summed E-state index contributed by atoms with van der Waals surface area (Å²) in [5, 5.41) is 12.2. The molecule has 0 radical (unpaired) electrons. The first-order valence-electron chi connectivity index (χ1n) is 7.04. The van der Waals surface area contributed by atoms with Crippen molar-refractivity contribution in [1.82, 2.24) is 15.3 Å². The number of rotatable bonds is 8. The third-order valence-electron chi connectivity index (χ3n) is 2.68. The number of carboxylic acids is 1. The third kappa shape index (κ3) is 5.81. The molecule has 6 nitrogen and oxygen atoms in total. The van der Waals surface area contributed by atoms with Crippen LogP contribution in [0.15, 0.2) is 11.4 Å². The van der Waals surface area contributed by atoms with E-state index in [0.29, 0.717) is 11.6 Å². The van der Waals surface area contributed by atoms with Crippen molar-refractivity contribution in [3.8, 4) is 0 Å². The number of amides is 1. The maximum Gasteiger partial charge on any atom is 0.326 e. The monoisotopic (exact) mass is 345 g/mol. The molecule has 8 heteroatoms. The smallest absolute Gasteiger partial charge is 0.326 e. The van der Waals surface area contributed by atoms with Crippen LogP contribution in [-0.2, 0) is 4.79 Å². The van der Waals surface area contributed by atoms with Crippen molar-refractivity contribution in [2.45, 2.75) is 44.8 Å². The number of aliphatic carboxylic acids is 1. The Hall–Kier alpha value is -1.34. The van der Waals surface area contributed by atoms with Crippen LogP contribution in [0.1, 0.15) is 44.1 Å². The first kappa shape index (κ1) is 18.7. The van der Waals surface area contributed by atoms with Gasteiger partial charge in [-0.05, 0) is 18.8 Å². The Kier molecular flexibility index (Phi) is 7.61. The largest absolute Gasteiger partial charge is 0.480 e. The molecule has 2 N–H and O–H groups in total. The Bertz CT molecular complexity index is 540. The second-order valence-electron chi connectivity index (χ2n) is 5.19. The number of hydrogen-bond acceptors (Lipinski definition) is 5. The van der Waals surface area contributed by atoms with Gasteiger partial charge in [0, 0.05) is 5.75 Å². The van der Waals surface area contributed by atoms with Gasteiger partial charge in [0.25, 0.3) is 5.91 Å². The molecule has 1 rings (SSSR count). The van der Waals surface area contributed by atoms with Gasteiger partial charge in [-0.2, -0.15) is 0 Å². The number of hydrogen-bond donors (Lipinski definition) is 2. The predicted molar refractivity (Wildman–Crippen MR) is 86.4 cm³/mol. The van der Waals surface area contributed by atoms with Crippen molar-refractivity contribution < 1.29 is 14.7 Å². The lowest BCUT2D eigenvalue weighted by Gasteiger charge is -2.16. The van der Waals surface area contributed by atoms with Gasteiger partial charge in [-0.1, -0.05) is 44.1 Å². The molecule has 0 aromatic carbocycles. The Balaban J connectivity index is 2.88. The highest BCUT2D eigenvalue weighted by atomic mass is 35.5. The molecule has 1 amide bonds. The molecule has 0 saturated carbocycles. The van der Waals surface area contributed by atoms with E-state index in [4.69, 9.17) is 11.6 Å². The van der Waals surface area contributed by atoms with Gasteiger partial charge < -0.3 is 10.4 Å². The number of nitrogens with one attached hydrogen (secondary N) is 1. The average molecular weight is 346 g/mol. The zero-order valence-corrected chi connectivity index (χ0v) is 14.4. The maximum atomic E-state index is 12.2. The molecule has 1 atom stereocenters.